The van der Waals surface area contributed by atoms with Gasteiger partial charge in [0.25, 0.3) is 5.91 Å². The van der Waals surface area contributed by atoms with Crippen molar-refractivity contribution in [2.45, 2.75) is 26.2 Å². The number of carbonyl (C=O) groups is 2. The number of rotatable bonds is 7. The van der Waals surface area contributed by atoms with E-state index in [9.17, 15) is 9.59 Å². The third-order valence-corrected chi connectivity index (χ3v) is 5.79. The second kappa shape index (κ2) is 9.98. The van der Waals surface area contributed by atoms with Gasteiger partial charge in [-0.2, -0.15) is 0 Å². The van der Waals surface area contributed by atoms with Crippen LogP contribution < -0.4 is 10.1 Å². The third kappa shape index (κ3) is 5.33. The smallest absolute Gasteiger partial charge is 0.253 e. The van der Waals surface area contributed by atoms with Crippen molar-refractivity contribution in [2.24, 2.45) is 11.8 Å². The highest BCUT2D eigenvalue weighted by Crippen LogP contribution is 2.35. The van der Waals surface area contributed by atoms with Gasteiger partial charge in [0.05, 0.1) is 13.0 Å². The summed E-state index contributed by atoms with van der Waals surface area (Å²) in [6.45, 7) is 5.75. The summed E-state index contributed by atoms with van der Waals surface area (Å²) in [4.78, 5) is 27.9. The number of carbonyl (C=O) groups excluding carboxylic acids is 2. The van der Waals surface area contributed by atoms with Gasteiger partial charge in [-0.15, -0.1) is 0 Å². The zero-order valence-corrected chi connectivity index (χ0v) is 18.5. The summed E-state index contributed by atoms with van der Waals surface area (Å²) in [6.07, 6.45) is 0.924. The van der Waals surface area contributed by atoms with Crippen LogP contribution in [-0.2, 0) is 4.79 Å². The lowest BCUT2D eigenvalue weighted by Gasteiger charge is -2.19. The summed E-state index contributed by atoms with van der Waals surface area (Å²) in [5, 5.41) is 3.58. The minimum Gasteiger partial charge on any atom is -0.497 e. The fraction of sp³-hybridized carbons (Fsp3) is 0.417. The Balaban J connectivity index is 1.83. The summed E-state index contributed by atoms with van der Waals surface area (Å²) in [7, 11) is 1.62. The molecule has 0 radical (unpaired) electrons. The molecule has 1 saturated heterocycles. The van der Waals surface area contributed by atoms with E-state index in [2.05, 4.69) is 19.2 Å². The average Bonchev–Trinajstić information content (AvgIpc) is 3.18. The summed E-state index contributed by atoms with van der Waals surface area (Å²) in [5.41, 5.74) is 1.53. The maximum atomic E-state index is 13.1. The zero-order chi connectivity index (χ0) is 21.7. The Bertz CT molecular complexity index is 900. The molecule has 0 aliphatic carbocycles. The van der Waals surface area contributed by atoms with Crippen molar-refractivity contribution in [1.82, 2.24) is 10.2 Å². The molecular weight excluding hydrogens is 400 g/mol. The first-order valence-electron chi connectivity index (χ1n) is 10.4. The summed E-state index contributed by atoms with van der Waals surface area (Å²) in [5.74, 6) is 0.734. The minimum absolute atomic E-state index is 0.00939. The number of nitrogens with one attached hydrogen (secondary N) is 1. The molecular formula is C24H29ClN2O3. The molecule has 2 unspecified atom stereocenters. The first-order valence-corrected chi connectivity index (χ1v) is 10.7. The fourth-order valence-electron chi connectivity index (χ4n) is 3.86. The third-order valence-electron chi connectivity index (χ3n) is 5.56. The number of nitrogens with zero attached hydrogens (tertiary/aromatic N) is 1. The van der Waals surface area contributed by atoms with Gasteiger partial charge in [0.1, 0.15) is 5.75 Å². The number of amides is 2. The van der Waals surface area contributed by atoms with Gasteiger partial charge in [-0.3, -0.25) is 9.59 Å². The van der Waals surface area contributed by atoms with Crippen molar-refractivity contribution in [3.8, 4) is 5.75 Å². The van der Waals surface area contributed by atoms with Crippen molar-refractivity contribution in [1.29, 1.82) is 0 Å². The Kier molecular flexibility index (Phi) is 7.38. The molecule has 0 spiro atoms. The highest BCUT2D eigenvalue weighted by atomic mass is 35.5. The highest BCUT2D eigenvalue weighted by Gasteiger charge is 2.40. The van der Waals surface area contributed by atoms with E-state index in [1.807, 2.05) is 24.3 Å². The molecule has 1 N–H and O–H groups in total. The maximum absolute atomic E-state index is 13.1. The number of hydrogen-bond donors (Lipinski definition) is 1. The van der Waals surface area contributed by atoms with Gasteiger partial charge in [-0.05, 0) is 48.2 Å². The number of ether oxygens (including phenoxy) is 1. The van der Waals surface area contributed by atoms with E-state index in [-0.39, 0.29) is 23.7 Å². The second-order valence-electron chi connectivity index (χ2n) is 8.18. The molecule has 0 aromatic heterocycles. The Labute approximate surface area is 183 Å². The quantitative estimate of drug-likeness (QED) is 0.712. The van der Waals surface area contributed by atoms with Gasteiger partial charge in [0.15, 0.2) is 0 Å². The van der Waals surface area contributed by atoms with E-state index in [0.29, 0.717) is 36.1 Å². The van der Waals surface area contributed by atoms with Gasteiger partial charge in [0, 0.05) is 36.1 Å². The minimum atomic E-state index is -0.313. The standard InChI is InChI=1S/C24H29ClN2O3/c1-16(2)10-11-26-23(28)22-15-27(24(29)18-7-4-8-19(25)12-18)14-21(22)17-6-5-9-20(13-17)30-3/h4-9,12-13,16,21-22H,10-11,14-15H2,1-3H3,(H,26,28). The van der Waals surface area contributed by atoms with Gasteiger partial charge >= 0.3 is 0 Å². The molecule has 1 aliphatic rings. The maximum Gasteiger partial charge on any atom is 0.253 e. The molecule has 5 nitrogen and oxygen atoms in total. The van der Waals surface area contributed by atoms with Gasteiger partial charge in [0.2, 0.25) is 5.91 Å². The molecule has 30 heavy (non-hydrogen) atoms. The van der Waals surface area contributed by atoms with Crippen molar-refractivity contribution >= 4 is 23.4 Å². The molecule has 0 bridgehead atoms. The lowest BCUT2D eigenvalue weighted by atomic mass is 9.88. The summed E-state index contributed by atoms with van der Waals surface area (Å²) in [6, 6.07) is 14.7. The van der Waals surface area contributed by atoms with Crippen LogP contribution in [0.5, 0.6) is 5.75 Å². The van der Waals surface area contributed by atoms with Crippen LogP contribution in [-0.4, -0.2) is 43.5 Å². The van der Waals surface area contributed by atoms with E-state index in [0.717, 1.165) is 17.7 Å². The fourth-order valence-corrected chi connectivity index (χ4v) is 4.05. The van der Waals surface area contributed by atoms with Crippen LogP contribution in [0.25, 0.3) is 0 Å². The van der Waals surface area contributed by atoms with E-state index < -0.39 is 0 Å². The highest BCUT2D eigenvalue weighted by molar-refractivity contribution is 6.30. The lowest BCUT2D eigenvalue weighted by molar-refractivity contribution is -0.124. The topological polar surface area (TPSA) is 58.6 Å². The molecule has 2 amide bonds. The van der Waals surface area contributed by atoms with Crippen LogP contribution in [0.15, 0.2) is 48.5 Å². The average molecular weight is 429 g/mol. The Hall–Kier alpha value is -2.53. The van der Waals surface area contributed by atoms with Crippen molar-refractivity contribution in [3.05, 3.63) is 64.7 Å². The number of halogens is 1. The Morgan fingerprint density at radius 2 is 1.93 bits per heavy atom. The van der Waals surface area contributed by atoms with Gasteiger partial charge in [-0.1, -0.05) is 43.6 Å². The lowest BCUT2D eigenvalue weighted by Crippen LogP contribution is -2.36. The normalized spacial score (nSPS) is 18.5. The molecule has 2 aromatic rings. The van der Waals surface area contributed by atoms with Crippen LogP contribution in [0.1, 0.15) is 42.1 Å². The van der Waals surface area contributed by atoms with E-state index in [1.165, 1.54) is 0 Å². The number of hydrogen-bond acceptors (Lipinski definition) is 3. The molecule has 0 saturated carbocycles. The largest absolute Gasteiger partial charge is 0.497 e. The molecule has 1 heterocycles. The molecule has 2 atom stereocenters. The van der Waals surface area contributed by atoms with Gasteiger partial charge < -0.3 is 15.0 Å². The Morgan fingerprint density at radius 3 is 2.63 bits per heavy atom. The molecule has 1 aliphatic heterocycles. The first kappa shape index (κ1) is 22.2. The van der Waals surface area contributed by atoms with Crippen molar-refractivity contribution < 1.29 is 14.3 Å². The van der Waals surface area contributed by atoms with Crippen molar-refractivity contribution in [3.63, 3.8) is 0 Å². The number of likely N-dealkylation sites (tertiary alicyclic amines) is 1. The zero-order valence-electron chi connectivity index (χ0n) is 17.7. The molecule has 2 aromatic carbocycles. The second-order valence-corrected chi connectivity index (χ2v) is 8.62. The van der Waals surface area contributed by atoms with Crippen LogP contribution >= 0.6 is 11.6 Å². The predicted molar refractivity (Wildman–Crippen MR) is 119 cm³/mol. The first-order chi connectivity index (χ1) is 14.4. The van der Waals surface area contributed by atoms with Crippen LogP contribution in [0, 0.1) is 11.8 Å². The molecule has 1 fully saturated rings. The van der Waals surface area contributed by atoms with Crippen LogP contribution in [0.3, 0.4) is 0 Å². The van der Waals surface area contributed by atoms with Crippen LogP contribution in [0.4, 0.5) is 0 Å². The molecule has 160 valence electrons. The molecule has 6 heteroatoms. The van der Waals surface area contributed by atoms with E-state index in [4.69, 9.17) is 16.3 Å². The summed E-state index contributed by atoms with van der Waals surface area (Å²) < 4.78 is 5.36. The van der Waals surface area contributed by atoms with Gasteiger partial charge in [-0.25, -0.2) is 0 Å². The van der Waals surface area contributed by atoms with Crippen molar-refractivity contribution in [2.75, 3.05) is 26.7 Å². The predicted octanol–water partition coefficient (Wildman–Crippen LogP) is 4.37. The monoisotopic (exact) mass is 428 g/mol. The summed E-state index contributed by atoms with van der Waals surface area (Å²) >= 11 is 6.07. The SMILES string of the molecule is COc1cccc(C2CN(C(=O)c3cccc(Cl)c3)CC2C(=O)NCCC(C)C)c1. The number of benzene rings is 2. The number of methoxy groups -OCH3 is 1. The van der Waals surface area contributed by atoms with E-state index >= 15 is 0 Å². The molecule has 3 rings (SSSR count). The van der Waals surface area contributed by atoms with Crippen LogP contribution in [0.2, 0.25) is 5.02 Å². The Morgan fingerprint density at radius 1 is 1.17 bits per heavy atom. The van der Waals surface area contributed by atoms with E-state index in [1.54, 1.807) is 36.3 Å².